The summed E-state index contributed by atoms with van der Waals surface area (Å²) in [5.74, 6) is -1.01. The average molecular weight is 296 g/mol. The minimum Gasteiger partial charge on any atom is -0.399 e. The summed E-state index contributed by atoms with van der Waals surface area (Å²) in [6.45, 7) is -0.00156. The summed E-state index contributed by atoms with van der Waals surface area (Å²) in [6, 6.07) is 7.70. The van der Waals surface area contributed by atoms with Gasteiger partial charge < -0.3 is 10.3 Å². The van der Waals surface area contributed by atoms with Gasteiger partial charge in [-0.25, -0.2) is 12.8 Å². The number of hydrogen-bond acceptors (Lipinski definition) is 4. The molecule has 0 aliphatic heterocycles. The third kappa shape index (κ3) is 3.24. The van der Waals surface area contributed by atoms with Crippen molar-refractivity contribution in [2.75, 3.05) is 11.5 Å². The lowest BCUT2D eigenvalue weighted by Crippen LogP contribution is -2.22. The maximum absolute atomic E-state index is 13.2. The van der Waals surface area contributed by atoms with Gasteiger partial charge in [0.1, 0.15) is 5.82 Å². The van der Waals surface area contributed by atoms with Gasteiger partial charge in [0.25, 0.3) is 5.56 Å². The van der Waals surface area contributed by atoms with E-state index < -0.39 is 15.7 Å². The highest BCUT2D eigenvalue weighted by atomic mass is 32.2. The number of hydrogen-bond donors (Lipinski definition) is 1. The molecule has 0 unspecified atom stereocenters. The topological polar surface area (TPSA) is 82.2 Å². The molecule has 0 aliphatic rings. The highest BCUT2D eigenvalue weighted by Gasteiger charge is 2.16. The van der Waals surface area contributed by atoms with Crippen molar-refractivity contribution in [1.82, 2.24) is 4.57 Å². The van der Waals surface area contributed by atoms with E-state index in [0.717, 1.165) is 12.1 Å². The van der Waals surface area contributed by atoms with Gasteiger partial charge in [0.05, 0.1) is 10.6 Å². The first-order chi connectivity index (χ1) is 9.38. The molecule has 7 heteroatoms. The van der Waals surface area contributed by atoms with Crippen molar-refractivity contribution < 1.29 is 12.8 Å². The van der Waals surface area contributed by atoms with Crippen LogP contribution in [0.2, 0.25) is 0 Å². The lowest BCUT2D eigenvalue weighted by molar-refractivity contribution is 0.583. The van der Waals surface area contributed by atoms with Crippen LogP contribution < -0.4 is 11.3 Å². The normalized spacial score (nSPS) is 11.4. The summed E-state index contributed by atoms with van der Waals surface area (Å²) >= 11 is 0. The molecule has 0 spiro atoms. The predicted molar refractivity (Wildman–Crippen MR) is 73.6 cm³/mol. The van der Waals surface area contributed by atoms with Crippen molar-refractivity contribution in [3.8, 4) is 0 Å². The Morgan fingerprint density at radius 1 is 1.20 bits per heavy atom. The first-order valence-electron chi connectivity index (χ1n) is 5.83. The van der Waals surface area contributed by atoms with Gasteiger partial charge in [-0.05, 0) is 24.3 Å². The van der Waals surface area contributed by atoms with Crippen LogP contribution in [0.4, 0.5) is 10.1 Å². The van der Waals surface area contributed by atoms with Crippen LogP contribution in [0, 0.1) is 5.82 Å². The molecule has 0 saturated heterocycles. The molecule has 106 valence electrons. The molecule has 0 saturated carbocycles. The van der Waals surface area contributed by atoms with Crippen LogP contribution in [0.1, 0.15) is 0 Å². The first-order valence-corrected chi connectivity index (χ1v) is 7.48. The average Bonchev–Trinajstić information content (AvgIpc) is 2.37. The zero-order chi connectivity index (χ0) is 14.8. The SMILES string of the molecule is Nc1cc(F)cc(S(=O)(=O)CCn2ccccc2=O)c1. The standard InChI is InChI=1S/C13H13FN2O3S/c14-10-7-11(15)9-12(8-10)20(18,19)6-5-16-4-2-1-3-13(16)17/h1-4,7-9H,5-6,15H2. The van der Waals surface area contributed by atoms with Crippen molar-refractivity contribution >= 4 is 15.5 Å². The smallest absolute Gasteiger partial charge is 0.250 e. The molecule has 20 heavy (non-hydrogen) atoms. The summed E-state index contributed by atoms with van der Waals surface area (Å²) in [4.78, 5) is 11.3. The minimum absolute atomic E-state index is 0.00156. The number of halogens is 1. The Kier molecular flexibility index (Phi) is 3.89. The van der Waals surface area contributed by atoms with Crippen LogP contribution in [0.5, 0.6) is 0 Å². The van der Waals surface area contributed by atoms with Gasteiger partial charge >= 0.3 is 0 Å². The maximum Gasteiger partial charge on any atom is 0.250 e. The Morgan fingerprint density at radius 2 is 1.95 bits per heavy atom. The molecule has 0 fully saturated rings. The quantitative estimate of drug-likeness (QED) is 0.855. The van der Waals surface area contributed by atoms with Gasteiger partial charge in [0, 0.05) is 24.5 Å². The van der Waals surface area contributed by atoms with E-state index in [1.807, 2.05) is 0 Å². The maximum atomic E-state index is 13.2. The van der Waals surface area contributed by atoms with Crippen LogP contribution in [0.15, 0.2) is 52.3 Å². The van der Waals surface area contributed by atoms with E-state index in [1.165, 1.54) is 22.9 Å². The molecule has 0 bridgehead atoms. The molecule has 0 amide bonds. The Hall–Kier alpha value is -2.15. The summed E-state index contributed by atoms with van der Waals surface area (Å²) in [6.07, 6.45) is 1.50. The summed E-state index contributed by atoms with van der Waals surface area (Å²) < 4.78 is 38.6. The van der Waals surface area contributed by atoms with Gasteiger partial charge in [0.2, 0.25) is 0 Å². The fourth-order valence-corrected chi connectivity index (χ4v) is 3.03. The molecule has 2 aromatic rings. The summed E-state index contributed by atoms with van der Waals surface area (Å²) in [5, 5.41) is 0. The second-order valence-electron chi connectivity index (χ2n) is 4.27. The van der Waals surface area contributed by atoms with Crippen LogP contribution in [-0.2, 0) is 16.4 Å². The minimum atomic E-state index is -3.70. The number of aromatic nitrogens is 1. The molecule has 1 aromatic heterocycles. The van der Waals surface area contributed by atoms with Gasteiger partial charge in [0.15, 0.2) is 9.84 Å². The third-order valence-corrected chi connectivity index (χ3v) is 4.43. The number of anilines is 1. The monoisotopic (exact) mass is 296 g/mol. The van der Waals surface area contributed by atoms with Crippen LogP contribution >= 0.6 is 0 Å². The number of nitrogens with zero attached hydrogens (tertiary/aromatic N) is 1. The molecule has 0 atom stereocenters. The highest BCUT2D eigenvalue weighted by Crippen LogP contribution is 2.17. The van der Waals surface area contributed by atoms with E-state index in [2.05, 4.69) is 0 Å². The van der Waals surface area contributed by atoms with Gasteiger partial charge in [-0.3, -0.25) is 4.79 Å². The van der Waals surface area contributed by atoms with Crippen LogP contribution in [0.25, 0.3) is 0 Å². The number of aryl methyl sites for hydroxylation is 1. The number of benzene rings is 1. The third-order valence-electron chi connectivity index (χ3n) is 2.75. The zero-order valence-corrected chi connectivity index (χ0v) is 11.3. The Balaban J connectivity index is 2.24. The molecule has 5 nitrogen and oxygen atoms in total. The number of nitrogen functional groups attached to an aromatic ring is 1. The van der Waals surface area contributed by atoms with Crippen LogP contribution in [0.3, 0.4) is 0 Å². The highest BCUT2D eigenvalue weighted by molar-refractivity contribution is 7.91. The fourth-order valence-electron chi connectivity index (χ4n) is 1.75. The van der Waals surface area contributed by atoms with E-state index in [9.17, 15) is 17.6 Å². The van der Waals surface area contributed by atoms with Gasteiger partial charge in [-0.2, -0.15) is 0 Å². The lowest BCUT2D eigenvalue weighted by atomic mass is 10.3. The van der Waals surface area contributed by atoms with Crippen molar-refractivity contribution in [3.05, 3.63) is 58.8 Å². The Morgan fingerprint density at radius 3 is 2.60 bits per heavy atom. The second kappa shape index (κ2) is 5.46. The number of sulfone groups is 1. The van der Waals surface area contributed by atoms with E-state index in [-0.39, 0.29) is 28.4 Å². The molecule has 1 aromatic carbocycles. The molecule has 2 rings (SSSR count). The summed E-state index contributed by atoms with van der Waals surface area (Å²) in [7, 11) is -3.70. The van der Waals surface area contributed by atoms with Gasteiger partial charge in [-0.15, -0.1) is 0 Å². The number of nitrogens with two attached hydrogens (primary N) is 1. The van der Waals surface area contributed by atoms with E-state index >= 15 is 0 Å². The zero-order valence-electron chi connectivity index (χ0n) is 10.5. The van der Waals surface area contributed by atoms with E-state index in [4.69, 9.17) is 5.73 Å². The molecule has 0 radical (unpaired) electrons. The lowest BCUT2D eigenvalue weighted by Gasteiger charge is -2.07. The van der Waals surface area contributed by atoms with Crippen molar-refractivity contribution in [3.63, 3.8) is 0 Å². The summed E-state index contributed by atoms with van der Waals surface area (Å²) in [5.41, 5.74) is 5.18. The number of pyridine rings is 1. The fraction of sp³-hybridized carbons (Fsp3) is 0.154. The van der Waals surface area contributed by atoms with Crippen molar-refractivity contribution in [2.24, 2.45) is 0 Å². The molecule has 2 N–H and O–H groups in total. The Labute approximate surface area is 115 Å². The van der Waals surface area contributed by atoms with Gasteiger partial charge in [-0.1, -0.05) is 6.07 Å². The molecular formula is C13H13FN2O3S. The Bertz CT molecular complexity index is 764. The predicted octanol–water partition coefficient (Wildman–Crippen LogP) is 1.04. The van der Waals surface area contributed by atoms with Crippen molar-refractivity contribution in [1.29, 1.82) is 0 Å². The largest absolute Gasteiger partial charge is 0.399 e. The van der Waals surface area contributed by atoms with E-state index in [1.54, 1.807) is 12.1 Å². The molecule has 1 heterocycles. The molecule has 0 aliphatic carbocycles. The first kappa shape index (κ1) is 14.3. The second-order valence-corrected chi connectivity index (χ2v) is 6.38. The van der Waals surface area contributed by atoms with Crippen molar-refractivity contribution in [2.45, 2.75) is 11.4 Å². The van der Waals surface area contributed by atoms with Crippen LogP contribution in [-0.4, -0.2) is 18.7 Å². The molecular weight excluding hydrogens is 283 g/mol. The van der Waals surface area contributed by atoms with E-state index in [0.29, 0.717) is 0 Å². The number of rotatable bonds is 4.